The van der Waals surface area contributed by atoms with Crippen LogP contribution < -0.4 is 16.0 Å². The number of nitrogens with zero attached hydrogens (tertiary/aromatic N) is 3. The van der Waals surface area contributed by atoms with E-state index in [1.807, 2.05) is 6.07 Å². The minimum Gasteiger partial charge on any atom is -0.384 e. The third-order valence-electron chi connectivity index (χ3n) is 4.54. The van der Waals surface area contributed by atoms with E-state index in [2.05, 4.69) is 33.4 Å². The average Bonchev–Trinajstić information content (AvgIpc) is 3.08. The highest BCUT2D eigenvalue weighted by molar-refractivity contribution is 5.69. The molecule has 0 atom stereocenters. The molecule has 2 aliphatic rings. The Bertz CT molecular complexity index is 691. The molecule has 0 amide bonds. The van der Waals surface area contributed by atoms with Crippen molar-refractivity contribution in [1.82, 2.24) is 15.3 Å². The van der Waals surface area contributed by atoms with Gasteiger partial charge >= 0.3 is 0 Å². The topological polar surface area (TPSA) is 67.1 Å². The van der Waals surface area contributed by atoms with Gasteiger partial charge in [-0.3, -0.25) is 0 Å². The Hall–Kier alpha value is -2.14. The van der Waals surface area contributed by atoms with Crippen LogP contribution in [-0.2, 0) is 13.0 Å². The zero-order valence-electron chi connectivity index (χ0n) is 12.7. The molecular formula is C17H21N5. The summed E-state index contributed by atoms with van der Waals surface area (Å²) >= 11 is 0. The van der Waals surface area contributed by atoms with E-state index >= 15 is 0 Å². The number of aromatic nitrogens is 2. The number of nitrogens with two attached hydrogens (primary N) is 1. The van der Waals surface area contributed by atoms with E-state index in [9.17, 15) is 0 Å². The number of benzene rings is 1. The third kappa shape index (κ3) is 2.41. The van der Waals surface area contributed by atoms with Gasteiger partial charge in [0.05, 0.1) is 5.69 Å². The van der Waals surface area contributed by atoms with Crippen molar-refractivity contribution in [2.45, 2.75) is 25.8 Å². The number of nitrogens with one attached hydrogen (secondary N) is 1. The fourth-order valence-electron chi connectivity index (χ4n) is 3.42. The van der Waals surface area contributed by atoms with Gasteiger partial charge in [0, 0.05) is 31.3 Å². The Morgan fingerprint density at radius 3 is 2.86 bits per heavy atom. The zero-order valence-corrected chi connectivity index (χ0v) is 12.7. The SMILES string of the molecule is Nc1cc(-c2cccc3c2CCNC3)nc(N2CCCC2)n1. The number of hydrogen-bond donors (Lipinski definition) is 2. The van der Waals surface area contributed by atoms with Crippen molar-refractivity contribution in [2.75, 3.05) is 30.3 Å². The molecule has 3 heterocycles. The molecule has 1 aromatic heterocycles. The Morgan fingerprint density at radius 1 is 1.14 bits per heavy atom. The van der Waals surface area contributed by atoms with Crippen LogP contribution in [-0.4, -0.2) is 29.6 Å². The Morgan fingerprint density at radius 2 is 2.00 bits per heavy atom. The fraction of sp³-hybridized carbons (Fsp3) is 0.412. The van der Waals surface area contributed by atoms with E-state index in [4.69, 9.17) is 10.7 Å². The van der Waals surface area contributed by atoms with Crippen molar-refractivity contribution in [1.29, 1.82) is 0 Å². The summed E-state index contributed by atoms with van der Waals surface area (Å²) in [5, 5.41) is 3.42. The van der Waals surface area contributed by atoms with E-state index in [-0.39, 0.29) is 0 Å². The zero-order chi connectivity index (χ0) is 14.9. The number of fused-ring (bicyclic) bond motifs is 1. The number of rotatable bonds is 2. The molecule has 1 aromatic carbocycles. The third-order valence-corrected chi connectivity index (χ3v) is 4.54. The van der Waals surface area contributed by atoms with Crippen molar-refractivity contribution in [3.63, 3.8) is 0 Å². The summed E-state index contributed by atoms with van der Waals surface area (Å²) in [6.07, 6.45) is 3.45. The normalized spacial score (nSPS) is 17.5. The fourth-order valence-corrected chi connectivity index (χ4v) is 3.42. The van der Waals surface area contributed by atoms with E-state index in [0.29, 0.717) is 5.82 Å². The lowest BCUT2D eigenvalue weighted by atomic mass is 9.94. The molecule has 0 saturated carbocycles. The van der Waals surface area contributed by atoms with Crippen LogP contribution in [0.1, 0.15) is 24.0 Å². The van der Waals surface area contributed by atoms with Crippen molar-refractivity contribution in [2.24, 2.45) is 0 Å². The van der Waals surface area contributed by atoms with Crippen LogP contribution in [0.4, 0.5) is 11.8 Å². The van der Waals surface area contributed by atoms with Gasteiger partial charge in [-0.2, -0.15) is 4.98 Å². The minimum atomic E-state index is 0.554. The van der Waals surface area contributed by atoms with E-state index in [1.54, 1.807) is 0 Å². The molecule has 22 heavy (non-hydrogen) atoms. The molecule has 5 heteroatoms. The van der Waals surface area contributed by atoms with E-state index in [1.165, 1.54) is 29.5 Å². The first kappa shape index (κ1) is 13.5. The molecule has 2 aliphatic heterocycles. The van der Waals surface area contributed by atoms with Crippen molar-refractivity contribution < 1.29 is 0 Å². The molecule has 0 bridgehead atoms. The summed E-state index contributed by atoms with van der Waals surface area (Å²) in [6, 6.07) is 8.35. The van der Waals surface area contributed by atoms with Gasteiger partial charge in [-0.1, -0.05) is 18.2 Å². The first-order chi connectivity index (χ1) is 10.8. The van der Waals surface area contributed by atoms with E-state index < -0.39 is 0 Å². The van der Waals surface area contributed by atoms with Crippen LogP contribution in [0.15, 0.2) is 24.3 Å². The number of hydrogen-bond acceptors (Lipinski definition) is 5. The molecule has 1 saturated heterocycles. The van der Waals surface area contributed by atoms with Gasteiger partial charge in [-0.15, -0.1) is 0 Å². The van der Waals surface area contributed by atoms with Crippen LogP contribution in [0.2, 0.25) is 0 Å². The molecular weight excluding hydrogens is 274 g/mol. The van der Waals surface area contributed by atoms with Gasteiger partial charge in [0.2, 0.25) is 5.95 Å². The quantitative estimate of drug-likeness (QED) is 0.886. The Kier molecular flexibility index (Phi) is 3.42. The first-order valence-corrected chi connectivity index (χ1v) is 8.02. The summed E-state index contributed by atoms with van der Waals surface area (Å²) in [4.78, 5) is 11.5. The maximum atomic E-state index is 6.05. The summed E-state index contributed by atoms with van der Waals surface area (Å²) in [7, 11) is 0. The van der Waals surface area contributed by atoms with Gasteiger partial charge in [-0.05, 0) is 36.9 Å². The largest absolute Gasteiger partial charge is 0.384 e. The minimum absolute atomic E-state index is 0.554. The lowest BCUT2D eigenvalue weighted by Crippen LogP contribution is -2.24. The maximum Gasteiger partial charge on any atom is 0.227 e. The smallest absolute Gasteiger partial charge is 0.227 e. The van der Waals surface area contributed by atoms with Gasteiger partial charge in [-0.25, -0.2) is 4.98 Å². The Balaban J connectivity index is 1.79. The molecule has 3 N–H and O–H groups in total. The molecule has 114 valence electrons. The molecule has 0 unspecified atom stereocenters. The molecule has 0 spiro atoms. The molecule has 4 rings (SSSR count). The highest BCUT2D eigenvalue weighted by Crippen LogP contribution is 2.29. The van der Waals surface area contributed by atoms with Crippen molar-refractivity contribution >= 4 is 11.8 Å². The predicted octanol–water partition coefficient (Wildman–Crippen LogP) is 1.97. The maximum absolute atomic E-state index is 6.05. The second kappa shape index (κ2) is 5.57. The summed E-state index contributed by atoms with van der Waals surface area (Å²) < 4.78 is 0. The van der Waals surface area contributed by atoms with Crippen LogP contribution >= 0.6 is 0 Å². The van der Waals surface area contributed by atoms with Gasteiger partial charge in [0.25, 0.3) is 0 Å². The van der Waals surface area contributed by atoms with Crippen LogP contribution in [0.5, 0.6) is 0 Å². The summed E-state index contributed by atoms with van der Waals surface area (Å²) in [5.74, 6) is 1.33. The standard InChI is InChI=1S/C17H21N5/c18-16-10-15(20-17(21-16)22-8-1-2-9-22)14-5-3-4-12-11-19-7-6-13(12)14/h3-5,10,19H,1-2,6-9,11H2,(H2,18,20,21). The lowest BCUT2D eigenvalue weighted by molar-refractivity contribution is 0.644. The predicted molar refractivity (Wildman–Crippen MR) is 88.7 cm³/mol. The second-order valence-corrected chi connectivity index (χ2v) is 6.04. The molecule has 0 radical (unpaired) electrons. The van der Waals surface area contributed by atoms with Gasteiger partial charge in [0.1, 0.15) is 5.82 Å². The highest BCUT2D eigenvalue weighted by atomic mass is 15.3. The monoisotopic (exact) mass is 295 g/mol. The molecule has 0 aliphatic carbocycles. The summed E-state index contributed by atoms with van der Waals surface area (Å²) in [6.45, 7) is 4.01. The van der Waals surface area contributed by atoms with Crippen molar-refractivity contribution in [3.8, 4) is 11.3 Å². The Labute approximate surface area is 130 Å². The van der Waals surface area contributed by atoms with Crippen molar-refractivity contribution in [3.05, 3.63) is 35.4 Å². The second-order valence-electron chi connectivity index (χ2n) is 6.04. The lowest BCUT2D eigenvalue weighted by Gasteiger charge is -2.21. The van der Waals surface area contributed by atoms with Crippen LogP contribution in [0.25, 0.3) is 11.3 Å². The first-order valence-electron chi connectivity index (χ1n) is 8.02. The summed E-state index contributed by atoms with van der Waals surface area (Å²) in [5.41, 5.74) is 11.0. The van der Waals surface area contributed by atoms with Gasteiger partial charge < -0.3 is 16.0 Å². The van der Waals surface area contributed by atoms with Gasteiger partial charge in [0.15, 0.2) is 0 Å². The van der Waals surface area contributed by atoms with E-state index in [0.717, 1.165) is 44.2 Å². The molecule has 1 fully saturated rings. The average molecular weight is 295 g/mol. The van der Waals surface area contributed by atoms with Crippen LogP contribution in [0.3, 0.4) is 0 Å². The van der Waals surface area contributed by atoms with Crippen LogP contribution in [0, 0.1) is 0 Å². The highest BCUT2D eigenvalue weighted by Gasteiger charge is 2.19. The molecule has 5 nitrogen and oxygen atoms in total. The number of nitrogen functional groups attached to an aromatic ring is 1. The number of anilines is 2. The molecule has 2 aromatic rings.